The molecule has 0 saturated carbocycles. The van der Waals surface area contributed by atoms with Gasteiger partial charge in [-0.15, -0.1) is 0 Å². The molecule has 0 aliphatic carbocycles. The van der Waals surface area contributed by atoms with Crippen LogP contribution < -0.4 is 5.73 Å². The Balaban J connectivity index is 0.000000171. The molecular formula is C15H15NO. The Bertz CT molecular complexity index is 463. The summed E-state index contributed by atoms with van der Waals surface area (Å²) in [5.41, 5.74) is 6.70. The van der Waals surface area contributed by atoms with Crippen LogP contribution >= 0.6 is 0 Å². The fraction of sp³-hybridized carbons (Fsp3) is 0. The van der Waals surface area contributed by atoms with Gasteiger partial charge in [0.25, 0.3) is 0 Å². The molecule has 17 heavy (non-hydrogen) atoms. The van der Waals surface area contributed by atoms with Crippen molar-refractivity contribution in [2.45, 2.75) is 0 Å². The number of hydrogen-bond donors (Lipinski definition) is 1. The van der Waals surface area contributed by atoms with Crippen LogP contribution in [0.5, 0.6) is 0 Å². The van der Waals surface area contributed by atoms with Crippen LogP contribution in [0, 0.1) is 0 Å². The number of carbonyl (C=O) groups is 1. The van der Waals surface area contributed by atoms with Crippen LogP contribution in [0.25, 0.3) is 6.08 Å². The van der Waals surface area contributed by atoms with Crippen LogP contribution in [0.2, 0.25) is 0 Å². The van der Waals surface area contributed by atoms with E-state index < -0.39 is 0 Å². The molecule has 2 rings (SSSR count). The highest BCUT2D eigenvalue weighted by molar-refractivity contribution is 5.92. The molecule has 1 amide bonds. The van der Waals surface area contributed by atoms with Crippen LogP contribution in [-0.4, -0.2) is 5.91 Å². The summed E-state index contributed by atoms with van der Waals surface area (Å²) in [7, 11) is 0. The van der Waals surface area contributed by atoms with E-state index >= 15 is 0 Å². The summed E-state index contributed by atoms with van der Waals surface area (Å²) in [6.45, 7) is 3.63. The van der Waals surface area contributed by atoms with E-state index in [4.69, 9.17) is 5.73 Å². The van der Waals surface area contributed by atoms with Crippen molar-refractivity contribution in [2.24, 2.45) is 5.73 Å². The van der Waals surface area contributed by atoms with Crippen LogP contribution in [0.1, 0.15) is 15.9 Å². The third-order valence-corrected chi connectivity index (χ3v) is 2.09. The molecule has 0 aromatic heterocycles. The number of primary amides is 1. The highest BCUT2D eigenvalue weighted by Crippen LogP contribution is 1.97. The maximum absolute atomic E-state index is 10.4. The van der Waals surface area contributed by atoms with E-state index in [1.54, 1.807) is 24.3 Å². The second-order valence-corrected chi connectivity index (χ2v) is 3.35. The largest absolute Gasteiger partial charge is 0.366 e. The van der Waals surface area contributed by atoms with Gasteiger partial charge in [-0.3, -0.25) is 4.79 Å². The first kappa shape index (κ1) is 12.7. The third-order valence-electron chi connectivity index (χ3n) is 2.09. The lowest BCUT2D eigenvalue weighted by molar-refractivity contribution is 0.100. The molecule has 2 heteroatoms. The summed E-state index contributed by atoms with van der Waals surface area (Å²) in [6.07, 6.45) is 1.83. The van der Waals surface area contributed by atoms with Crippen molar-refractivity contribution in [3.05, 3.63) is 78.4 Å². The highest BCUT2D eigenvalue weighted by atomic mass is 16.1. The topological polar surface area (TPSA) is 43.1 Å². The molecule has 0 bridgehead atoms. The van der Waals surface area contributed by atoms with Crippen molar-refractivity contribution in [1.82, 2.24) is 0 Å². The molecular weight excluding hydrogens is 210 g/mol. The minimum Gasteiger partial charge on any atom is -0.366 e. The average molecular weight is 225 g/mol. The molecule has 0 spiro atoms. The van der Waals surface area contributed by atoms with Crippen molar-refractivity contribution < 1.29 is 4.79 Å². The lowest BCUT2D eigenvalue weighted by Crippen LogP contribution is -2.09. The molecule has 0 atom stereocenters. The predicted octanol–water partition coefficient (Wildman–Crippen LogP) is 3.12. The second-order valence-electron chi connectivity index (χ2n) is 3.35. The maximum Gasteiger partial charge on any atom is 0.248 e. The fourth-order valence-corrected chi connectivity index (χ4v) is 1.19. The number of nitrogens with two attached hydrogens (primary N) is 1. The van der Waals surface area contributed by atoms with E-state index in [-0.39, 0.29) is 5.91 Å². The zero-order chi connectivity index (χ0) is 12.5. The van der Waals surface area contributed by atoms with Crippen molar-refractivity contribution in [3.8, 4) is 0 Å². The standard InChI is InChI=1S/C8H8.C7H7NO/c1-2-8-6-4-3-5-7-8;8-7(9)6-4-2-1-3-5-6/h2-7H,1H2;1-5H,(H2,8,9). The molecule has 0 fully saturated rings. The molecule has 2 aromatic rings. The van der Waals surface area contributed by atoms with Crippen LogP contribution in [0.3, 0.4) is 0 Å². The van der Waals surface area contributed by atoms with Crippen molar-refractivity contribution in [3.63, 3.8) is 0 Å². The number of hydrogen-bond acceptors (Lipinski definition) is 1. The van der Waals surface area contributed by atoms with Crippen LogP contribution in [0.15, 0.2) is 67.2 Å². The van der Waals surface area contributed by atoms with Crippen molar-refractivity contribution in [2.75, 3.05) is 0 Å². The molecule has 0 heterocycles. The lowest BCUT2D eigenvalue weighted by Gasteiger charge is -1.89. The van der Waals surface area contributed by atoms with E-state index in [9.17, 15) is 4.79 Å². The van der Waals surface area contributed by atoms with Gasteiger partial charge in [-0.1, -0.05) is 61.2 Å². The van der Waals surface area contributed by atoms with Gasteiger partial charge in [0.05, 0.1) is 0 Å². The smallest absolute Gasteiger partial charge is 0.248 e. The number of rotatable bonds is 2. The predicted molar refractivity (Wildman–Crippen MR) is 71.5 cm³/mol. The molecule has 0 aliphatic rings. The summed E-state index contributed by atoms with van der Waals surface area (Å²) in [4.78, 5) is 10.4. The minimum atomic E-state index is -0.379. The van der Waals surface area contributed by atoms with Gasteiger partial charge in [-0.25, -0.2) is 0 Å². The molecule has 2 nitrogen and oxygen atoms in total. The molecule has 2 aromatic carbocycles. The Morgan fingerprint density at radius 1 is 0.941 bits per heavy atom. The van der Waals surface area contributed by atoms with Crippen LogP contribution in [-0.2, 0) is 0 Å². The van der Waals surface area contributed by atoms with Gasteiger partial charge >= 0.3 is 0 Å². The molecule has 0 radical (unpaired) electrons. The fourth-order valence-electron chi connectivity index (χ4n) is 1.19. The molecule has 0 aliphatic heterocycles. The van der Waals surface area contributed by atoms with Gasteiger partial charge in [0, 0.05) is 5.56 Å². The molecule has 0 saturated heterocycles. The van der Waals surface area contributed by atoms with E-state index in [0.29, 0.717) is 5.56 Å². The van der Waals surface area contributed by atoms with Gasteiger partial charge in [-0.2, -0.15) is 0 Å². The SMILES string of the molecule is C=Cc1ccccc1.NC(=O)c1ccccc1. The summed E-state index contributed by atoms with van der Waals surface area (Å²) in [5.74, 6) is -0.379. The Morgan fingerprint density at radius 2 is 1.41 bits per heavy atom. The first-order valence-corrected chi connectivity index (χ1v) is 5.26. The summed E-state index contributed by atoms with van der Waals surface area (Å²) >= 11 is 0. The van der Waals surface area contributed by atoms with E-state index in [0.717, 1.165) is 0 Å². The quantitative estimate of drug-likeness (QED) is 0.838. The van der Waals surface area contributed by atoms with E-state index in [1.807, 2.05) is 42.5 Å². The molecule has 0 unspecified atom stereocenters. The Morgan fingerprint density at radius 3 is 1.71 bits per heavy atom. The van der Waals surface area contributed by atoms with E-state index in [1.165, 1.54) is 5.56 Å². The minimum absolute atomic E-state index is 0.379. The van der Waals surface area contributed by atoms with Gasteiger partial charge in [0.15, 0.2) is 0 Å². The summed E-state index contributed by atoms with van der Waals surface area (Å²) < 4.78 is 0. The summed E-state index contributed by atoms with van der Waals surface area (Å²) in [5, 5.41) is 0. The Kier molecular flexibility index (Phi) is 5.25. The zero-order valence-corrected chi connectivity index (χ0v) is 9.54. The first-order chi connectivity index (χ1) is 8.24. The third kappa shape index (κ3) is 4.80. The highest BCUT2D eigenvalue weighted by Gasteiger charge is 1.93. The first-order valence-electron chi connectivity index (χ1n) is 5.26. The van der Waals surface area contributed by atoms with Gasteiger partial charge in [0.1, 0.15) is 0 Å². The number of benzene rings is 2. The zero-order valence-electron chi connectivity index (χ0n) is 9.54. The van der Waals surface area contributed by atoms with Crippen molar-refractivity contribution >= 4 is 12.0 Å². The van der Waals surface area contributed by atoms with Crippen LogP contribution in [0.4, 0.5) is 0 Å². The Labute approximate surface area is 101 Å². The van der Waals surface area contributed by atoms with Gasteiger partial charge in [0.2, 0.25) is 5.91 Å². The molecule has 2 N–H and O–H groups in total. The number of amides is 1. The summed E-state index contributed by atoms with van der Waals surface area (Å²) in [6, 6.07) is 18.8. The average Bonchev–Trinajstić information content (AvgIpc) is 2.41. The maximum atomic E-state index is 10.4. The lowest BCUT2D eigenvalue weighted by atomic mass is 10.2. The molecule has 86 valence electrons. The van der Waals surface area contributed by atoms with Crippen molar-refractivity contribution in [1.29, 1.82) is 0 Å². The van der Waals surface area contributed by atoms with Gasteiger partial charge < -0.3 is 5.73 Å². The second kappa shape index (κ2) is 7.01. The number of carbonyl (C=O) groups excluding carboxylic acids is 1. The normalized spacial score (nSPS) is 8.71. The monoisotopic (exact) mass is 225 g/mol. The Hall–Kier alpha value is -2.35. The van der Waals surface area contributed by atoms with Gasteiger partial charge in [-0.05, 0) is 17.7 Å². The van der Waals surface area contributed by atoms with E-state index in [2.05, 4.69) is 6.58 Å².